The topological polar surface area (TPSA) is 38.5 Å². The van der Waals surface area contributed by atoms with Gasteiger partial charge >= 0.3 is 0 Å². The van der Waals surface area contributed by atoms with Gasteiger partial charge in [-0.1, -0.05) is 11.6 Å². The number of ether oxygens (including phenoxy) is 1. The minimum Gasteiger partial charge on any atom is -0.495 e. The fourth-order valence-electron chi connectivity index (χ4n) is 2.42. The average molecular weight is 255 g/mol. The van der Waals surface area contributed by atoms with Crippen molar-refractivity contribution >= 4 is 17.3 Å². The highest BCUT2D eigenvalue weighted by atomic mass is 35.5. The maximum atomic E-state index is 6.03. The predicted molar refractivity (Wildman–Crippen MR) is 72.0 cm³/mol. The third kappa shape index (κ3) is 2.67. The van der Waals surface area contributed by atoms with Gasteiger partial charge in [0.1, 0.15) is 5.75 Å². The molecule has 2 rings (SSSR count). The summed E-state index contributed by atoms with van der Waals surface area (Å²) in [5, 5.41) is 0.651. The number of halogens is 1. The van der Waals surface area contributed by atoms with Gasteiger partial charge in [0.05, 0.1) is 12.1 Å². The summed E-state index contributed by atoms with van der Waals surface area (Å²) in [6, 6.07) is 6.71. The molecule has 0 aliphatic carbocycles. The molecule has 17 heavy (non-hydrogen) atoms. The molecule has 1 aliphatic rings. The molecule has 2 unspecified atom stereocenters. The molecule has 1 aliphatic heterocycles. The average Bonchev–Trinajstić information content (AvgIpc) is 2.30. The molecule has 1 aromatic rings. The van der Waals surface area contributed by atoms with Crippen LogP contribution in [0.1, 0.15) is 19.8 Å². The molecule has 1 saturated heterocycles. The lowest BCUT2D eigenvalue weighted by atomic mass is 9.98. The van der Waals surface area contributed by atoms with Crippen molar-refractivity contribution in [2.24, 2.45) is 5.73 Å². The van der Waals surface area contributed by atoms with E-state index in [0.717, 1.165) is 30.8 Å². The van der Waals surface area contributed by atoms with Crippen molar-refractivity contribution in [1.82, 2.24) is 0 Å². The van der Waals surface area contributed by atoms with Gasteiger partial charge in [-0.2, -0.15) is 0 Å². The second-order valence-corrected chi connectivity index (χ2v) is 5.05. The van der Waals surface area contributed by atoms with Gasteiger partial charge in [-0.05, 0) is 31.9 Å². The molecular weight excluding hydrogens is 236 g/mol. The second-order valence-electron chi connectivity index (χ2n) is 4.65. The largest absolute Gasteiger partial charge is 0.495 e. The molecule has 1 fully saturated rings. The lowest BCUT2D eigenvalue weighted by Crippen LogP contribution is -2.45. The standard InChI is InChI=1S/C13H19ClN2O/c1-9-7-10(15)5-6-16(9)11-3-4-12(14)13(8-11)17-2/h3-4,8-10H,5-7,15H2,1-2H3. The maximum Gasteiger partial charge on any atom is 0.139 e. The Kier molecular flexibility index (Phi) is 3.79. The number of piperidine rings is 1. The molecule has 1 aromatic carbocycles. The highest BCUT2D eigenvalue weighted by Gasteiger charge is 2.23. The van der Waals surface area contributed by atoms with Gasteiger partial charge in [0.15, 0.2) is 0 Å². The predicted octanol–water partition coefficient (Wildman–Crippen LogP) is 2.66. The van der Waals surface area contributed by atoms with Crippen LogP contribution in [-0.2, 0) is 0 Å². The Morgan fingerprint density at radius 3 is 2.88 bits per heavy atom. The summed E-state index contributed by atoms with van der Waals surface area (Å²) < 4.78 is 5.25. The molecule has 94 valence electrons. The lowest BCUT2D eigenvalue weighted by Gasteiger charge is -2.38. The number of methoxy groups -OCH3 is 1. The summed E-state index contributed by atoms with van der Waals surface area (Å²) in [5.74, 6) is 0.728. The first-order valence-electron chi connectivity index (χ1n) is 5.97. The van der Waals surface area contributed by atoms with E-state index in [9.17, 15) is 0 Å². The Morgan fingerprint density at radius 2 is 2.24 bits per heavy atom. The van der Waals surface area contributed by atoms with Crippen LogP contribution in [-0.4, -0.2) is 25.7 Å². The van der Waals surface area contributed by atoms with E-state index in [2.05, 4.69) is 11.8 Å². The zero-order valence-electron chi connectivity index (χ0n) is 10.3. The Morgan fingerprint density at radius 1 is 1.47 bits per heavy atom. The summed E-state index contributed by atoms with van der Waals surface area (Å²) in [6.45, 7) is 3.20. The summed E-state index contributed by atoms with van der Waals surface area (Å²) in [7, 11) is 1.64. The van der Waals surface area contributed by atoms with Gasteiger partial charge < -0.3 is 15.4 Å². The molecule has 1 heterocycles. The molecule has 3 nitrogen and oxygen atoms in total. The highest BCUT2D eigenvalue weighted by Crippen LogP contribution is 2.32. The molecular formula is C13H19ClN2O. The van der Waals surface area contributed by atoms with Gasteiger partial charge in [-0.3, -0.25) is 0 Å². The maximum absolute atomic E-state index is 6.03. The van der Waals surface area contributed by atoms with Crippen LogP contribution in [0.15, 0.2) is 18.2 Å². The van der Waals surface area contributed by atoms with E-state index >= 15 is 0 Å². The number of hydrogen-bond acceptors (Lipinski definition) is 3. The van der Waals surface area contributed by atoms with Crippen LogP contribution < -0.4 is 15.4 Å². The smallest absolute Gasteiger partial charge is 0.139 e. The van der Waals surface area contributed by atoms with Gasteiger partial charge in [0.2, 0.25) is 0 Å². The van der Waals surface area contributed by atoms with Crippen molar-refractivity contribution in [3.8, 4) is 5.75 Å². The Bertz CT molecular complexity index is 397. The van der Waals surface area contributed by atoms with Crippen molar-refractivity contribution in [1.29, 1.82) is 0 Å². The Balaban J connectivity index is 2.22. The number of nitrogens with zero attached hydrogens (tertiary/aromatic N) is 1. The molecule has 0 aromatic heterocycles. The highest BCUT2D eigenvalue weighted by molar-refractivity contribution is 6.32. The summed E-state index contributed by atoms with van der Waals surface area (Å²) in [4.78, 5) is 2.36. The first-order chi connectivity index (χ1) is 8.11. The van der Waals surface area contributed by atoms with Crippen LogP contribution >= 0.6 is 11.6 Å². The zero-order chi connectivity index (χ0) is 12.4. The van der Waals surface area contributed by atoms with Crippen molar-refractivity contribution in [3.05, 3.63) is 23.2 Å². The van der Waals surface area contributed by atoms with E-state index < -0.39 is 0 Å². The van der Waals surface area contributed by atoms with Crippen LogP contribution in [0, 0.1) is 0 Å². The summed E-state index contributed by atoms with van der Waals surface area (Å²) >= 11 is 6.03. The number of benzene rings is 1. The molecule has 0 radical (unpaired) electrons. The first-order valence-corrected chi connectivity index (χ1v) is 6.35. The number of rotatable bonds is 2. The molecule has 2 atom stereocenters. The number of nitrogens with two attached hydrogens (primary N) is 1. The van der Waals surface area contributed by atoms with Crippen molar-refractivity contribution in [2.45, 2.75) is 31.8 Å². The molecule has 0 spiro atoms. The van der Waals surface area contributed by atoms with Crippen LogP contribution in [0.5, 0.6) is 5.75 Å². The first kappa shape index (κ1) is 12.5. The minimum atomic E-state index is 0.329. The van der Waals surface area contributed by atoms with Crippen molar-refractivity contribution < 1.29 is 4.74 Å². The summed E-state index contributed by atoms with van der Waals surface area (Å²) in [6.07, 6.45) is 2.07. The van der Waals surface area contributed by atoms with E-state index in [1.807, 2.05) is 18.2 Å². The van der Waals surface area contributed by atoms with Gasteiger partial charge in [0.25, 0.3) is 0 Å². The third-order valence-electron chi connectivity index (χ3n) is 3.38. The number of hydrogen-bond donors (Lipinski definition) is 1. The fraction of sp³-hybridized carbons (Fsp3) is 0.538. The summed E-state index contributed by atoms with van der Waals surface area (Å²) in [5.41, 5.74) is 7.13. The monoisotopic (exact) mass is 254 g/mol. The molecule has 2 N–H and O–H groups in total. The molecule has 4 heteroatoms. The third-order valence-corrected chi connectivity index (χ3v) is 3.70. The van der Waals surface area contributed by atoms with Gasteiger partial charge in [-0.15, -0.1) is 0 Å². The quantitative estimate of drug-likeness (QED) is 0.882. The second kappa shape index (κ2) is 5.15. The SMILES string of the molecule is COc1cc(N2CCC(N)CC2C)ccc1Cl. The fourth-order valence-corrected chi connectivity index (χ4v) is 2.61. The Labute approximate surface area is 107 Å². The minimum absolute atomic E-state index is 0.329. The van der Waals surface area contributed by atoms with Crippen molar-refractivity contribution in [2.75, 3.05) is 18.6 Å². The van der Waals surface area contributed by atoms with Gasteiger partial charge in [-0.25, -0.2) is 0 Å². The van der Waals surface area contributed by atoms with E-state index in [4.69, 9.17) is 22.1 Å². The zero-order valence-corrected chi connectivity index (χ0v) is 11.1. The molecule has 0 saturated carbocycles. The van der Waals surface area contributed by atoms with E-state index in [1.54, 1.807) is 7.11 Å². The Hall–Kier alpha value is -0.930. The normalized spacial score (nSPS) is 24.8. The van der Waals surface area contributed by atoms with Crippen LogP contribution in [0.2, 0.25) is 5.02 Å². The van der Waals surface area contributed by atoms with Gasteiger partial charge in [0, 0.05) is 30.4 Å². The van der Waals surface area contributed by atoms with Crippen LogP contribution in [0.25, 0.3) is 0 Å². The van der Waals surface area contributed by atoms with Crippen LogP contribution in [0.4, 0.5) is 5.69 Å². The lowest BCUT2D eigenvalue weighted by molar-refractivity contribution is 0.412. The molecule has 0 bridgehead atoms. The van der Waals surface area contributed by atoms with Crippen molar-refractivity contribution in [3.63, 3.8) is 0 Å². The van der Waals surface area contributed by atoms with Crippen LogP contribution in [0.3, 0.4) is 0 Å². The molecule has 0 amide bonds. The number of anilines is 1. The van der Waals surface area contributed by atoms with E-state index in [0.29, 0.717) is 17.1 Å². The van der Waals surface area contributed by atoms with E-state index in [-0.39, 0.29) is 0 Å². The van der Waals surface area contributed by atoms with E-state index in [1.165, 1.54) is 0 Å².